The molecule has 0 atom stereocenters. The molecule has 0 aliphatic heterocycles. The van der Waals surface area contributed by atoms with Crippen LogP contribution in [0, 0.1) is 11.6 Å². The van der Waals surface area contributed by atoms with Gasteiger partial charge in [0.1, 0.15) is 17.4 Å². The van der Waals surface area contributed by atoms with Crippen molar-refractivity contribution in [3.8, 4) is 5.75 Å². The lowest BCUT2D eigenvalue weighted by atomic mass is 10.2. The van der Waals surface area contributed by atoms with E-state index in [9.17, 15) is 8.78 Å². The topological polar surface area (TPSA) is 21.3 Å². The molecule has 2 aromatic rings. The third-order valence-corrected chi connectivity index (χ3v) is 3.38. The molecule has 112 valence electrons. The molecule has 0 bridgehead atoms. The van der Waals surface area contributed by atoms with Gasteiger partial charge in [-0.05, 0) is 36.8 Å². The molecule has 0 spiro atoms. The fraction of sp³-hybridized carbons (Fsp3) is 0.250. The maximum Gasteiger partial charge on any atom is 0.149 e. The first-order chi connectivity index (χ1) is 10.1. The second-order valence-electron chi connectivity index (χ2n) is 4.58. The monoisotopic (exact) mass is 355 g/mol. The second kappa shape index (κ2) is 7.41. The Morgan fingerprint density at radius 3 is 2.67 bits per heavy atom. The normalized spacial score (nSPS) is 10.5. The molecular formula is C16H16BrF2NO. The molecule has 0 saturated heterocycles. The van der Waals surface area contributed by atoms with E-state index in [1.165, 1.54) is 12.1 Å². The molecule has 5 heteroatoms. The van der Waals surface area contributed by atoms with Crippen molar-refractivity contribution in [2.24, 2.45) is 0 Å². The van der Waals surface area contributed by atoms with Crippen molar-refractivity contribution >= 4 is 21.6 Å². The lowest BCUT2D eigenvalue weighted by Gasteiger charge is -2.13. The summed E-state index contributed by atoms with van der Waals surface area (Å²) in [4.78, 5) is 0. The average molecular weight is 356 g/mol. The molecule has 2 aromatic carbocycles. The molecule has 0 saturated carbocycles. The molecule has 0 aliphatic rings. The summed E-state index contributed by atoms with van der Waals surface area (Å²) < 4.78 is 33.0. The van der Waals surface area contributed by atoms with Crippen molar-refractivity contribution in [2.75, 3.05) is 11.9 Å². The minimum Gasteiger partial charge on any atom is -0.493 e. The van der Waals surface area contributed by atoms with Gasteiger partial charge in [-0.15, -0.1) is 0 Å². The van der Waals surface area contributed by atoms with Crippen LogP contribution in [0.4, 0.5) is 14.5 Å². The predicted molar refractivity (Wildman–Crippen MR) is 83.6 cm³/mol. The summed E-state index contributed by atoms with van der Waals surface area (Å²) in [5, 5.41) is 2.96. The molecule has 2 rings (SSSR count). The number of benzene rings is 2. The minimum absolute atomic E-state index is 0.262. The summed E-state index contributed by atoms with van der Waals surface area (Å²) in [7, 11) is 0. The highest BCUT2D eigenvalue weighted by Crippen LogP contribution is 2.25. The van der Waals surface area contributed by atoms with E-state index in [0.29, 0.717) is 13.2 Å². The van der Waals surface area contributed by atoms with Crippen LogP contribution >= 0.6 is 15.9 Å². The van der Waals surface area contributed by atoms with Gasteiger partial charge < -0.3 is 10.1 Å². The number of rotatable bonds is 6. The Morgan fingerprint density at radius 2 is 1.95 bits per heavy atom. The summed E-state index contributed by atoms with van der Waals surface area (Å²) in [6.07, 6.45) is 0.912. The molecule has 0 unspecified atom stereocenters. The number of hydrogen-bond donors (Lipinski definition) is 1. The maximum absolute atomic E-state index is 13.6. The Bertz CT molecular complexity index is 619. The summed E-state index contributed by atoms with van der Waals surface area (Å²) in [5.74, 6) is -0.441. The molecule has 21 heavy (non-hydrogen) atoms. The Kier molecular flexibility index (Phi) is 5.56. The van der Waals surface area contributed by atoms with Crippen LogP contribution in [0.25, 0.3) is 0 Å². The van der Waals surface area contributed by atoms with Gasteiger partial charge in [0.2, 0.25) is 0 Å². The van der Waals surface area contributed by atoms with E-state index in [2.05, 4.69) is 21.2 Å². The molecule has 1 N–H and O–H groups in total. The third kappa shape index (κ3) is 4.43. The van der Waals surface area contributed by atoms with Crippen molar-refractivity contribution in [1.29, 1.82) is 0 Å². The van der Waals surface area contributed by atoms with E-state index in [-0.39, 0.29) is 5.69 Å². The van der Waals surface area contributed by atoms with Gasteiger partial charge in [-0.3, -0.25) is 0 Å². The van der Waals surface area contributed by atoms with Gasteiger partial charge in [-0.2, -0.15) is 0 Å². The van der Waals surface area contributed by atoms with Gasteiger partial charge in [-0.25, -0.2) is 8.78 Å². The maximum atomic E-state index is 13.6. The van der Waals surface area contributed by atoms with Crippen LogP contribution in [0.15, 0.2) is 40.9 Å². The summed E-state index contributed by atoms with van der Waals surface area (Å²) in [6.45, 7) is 3.05. The van der Waals surface area contributed by atoms with Gasteiger partial charge >= 0.3 is 0 Å². The van der Waals surface area contributed by atoms with Crippen LogP contribution in [-0.2, 0) is 6.54 Å². The van der Waals surface area contributed by atoms with Crippen LogP contribution in [0.1, 0.15) is 18.9 Å². The van der Waals surface area contributed by atoms with E-state index in [0.717, 1.165) is 28.3 Å². The van der Waals surface area contributed by atoms with E-state index in [1.54, 1.807) is 0 Å². The largest absolute Gasteiger partial charge is 0.493 e. The Hall–Kier alpha value is -1.62. The standard InChI is InChI=1S/C16H16BrF2NO/c1-2-7-21-16-6-3-12(17)8-11(16)10-20-15-5-4-13(18)9-14(15)19/h3-6,8-9,20H,2,7,10H2,1H3. The SMILES string of the molecule is CCCOc1ccc(Br)cc1CNc1ccc(F)cc1F. The van der Waals surface area contributed by atoms with Crippen LogP contribution in [0.2, 0.25) is 0 Å². The third-order valence-electron chi connectivity index (χ3n) is 2.88. The predicted octanol–water partition coefficient (Wildman–Crippen LogP) is 5.13. The molecule has 0 heterocycles. The summed E-state index contributed by atoms with van der Waals surface area (Å²) in [6, 6.07) is 9.15. The van der Waals surface area contributed by atoms with E-state index in [4.69, 9.17) is 4.74 Å². The number of hydrogen-bond acceptors (Lipinski definition) is 2. The lowest BCUT2D eigenvalue weighted by Crippen LogP contribution is -2.05. The lowest BCUT2D eigenvalue weighted by molar-refractivity contribution is 0.314. The molecule has 2 nitrogen and oxygen atoms in total. The van der Waals surface area contributed by atoms with E-state index < -0.39 is 11.6 Å². The van der Waals surface area contributed by atoms with Crippen LogP contribution in [0.3, 0.4) is 0 Å². The molecule has 0 amide bonds. The van der Waals surface area contributed by atoms with Crippen molar-refractivity contribution < 1.29 is 13.5 Å². The van der Waals surface area contributed by atoms with Crippen LogP contribution in [-0.4, -0.2) is 6.61 Å². The number of ether oxygens (including phenoxy) is 1. The van der Waals surface area contributed by atoms with Crippen molar-refractivity contribution in [3.63, 3.8) is 0 Å². The second-order valence-corrected chi connectivity index (χ2v) is 5.49. The highest BCUT2D eigenvalue weighted by Gasteiger charge is 2.07. The quantitative estimate of drug-likeness (QED) is 0.775. The minimum atomic E-state index is -0.610. The van der Waals surface area contributed by atoms with Crippen LogP contribution in [0.5, 0.6) is 5.75 Å². The van der Waals surface area contributed by atoms with Crippen molar-refractivity contribution in [2.45, 2.75) is 19.9 Å². The number of anilines is 1. The van der Waals surface area contributed by atoms with Crippen molar-refractivity contribution in [3.05, 3.63) is 58.1 Å². The molecular weight excluding hydrogens is 340 g/mol. The van der Waals surface area contributed by atoms with Gasteiger partial charge in [0.05, 0.1) is 12.3 Å². The first-order valence-corrected chi connectivity index (χ1v) is 7.49. The zero-order chi connectivity index (χ0) is 15.2. The van der Waals surface area contributed by atoms with Gasteiger partial charge in [0, 0.05) is 22.6 Å². The smallest absolute Gasteiger partial charge is 0.149 e. The highest BCUT2D eigenvalue weighted by molar-refractivity contribution is 9.10. The first kappa shape index (κ1) is 15.8. The zero-order valence-corrected chi connectivity index (χ0v) is 13.2. The fourth-order valence-electron chi connectivity index (χ4n) is 1.86. The number of halogens is 3. The Balaban J connectivity index is 2.12. The van der Waals surface area contributed by atoms with Gasteiger partial charge in [0.25, 0.3) is 0 Å². The zero-order valence-electron chi connectivity index (χ0n) is 11.6. The highest BCUT2D eigenvalue weighted by atomic mass is 79.9. The van der Waals surface area contributed by atoms with Crippen molar-refractivity contribution in [1.82, 2.24) is 0 Å². The molecule has 0 fully saturated rings. The van der Waals surface area contributed by atoms with E-state index in [1.807, 2.05) is 25.1 Å². The Labute approximate surface area is 131 Å². The van der Waals surface area contributed by atoms with Gasteiger partial charge in [0.15, 0.2) is 0 Å². The average Bonchev–Trinajstić information content (AvgIpc) is 2.45. The first-order valence-electron chi connectivity index (χ1n) is 6.70. The van der Waals surface area contributed by atoms with Gasteiger partial charge in [-0.1, -0.05) is 22.9 Å². The van der Waals surface area contributed by atoms with E-state index >= 15 is 0 Å². The molecule has 0 aliphatic carbocycles. The summed E-state index contributed by atoms with van der Waals surface area (Å²) >= 11 is 3.41. The summed E-state index contributed by atoms with van der Waals surface area (Å²) in [5.41, 5.74) is 1.17. The number of nitrogens with one attached hydrogen (secondary N) is 1. The fourth-order valence-corrected chi connectivity index (χ4v) is 2.27. The van der Waals surface area contributed by atoms with Crippen LogP contribution < -0.4 is 10.1 Å². The molecule has 0 aromatic heterocycles. The molecule has 0 radical (unpaired) electrons. The Morgan fingerprint density at radius 1 is 1.14 bits per heavy atom.